The number of fused-ring (bicyclic) bond motifs is 2. The summed E-state index contributed by atoms with van der Waals surface area (Å²) < 4.78 is 2.01. The molecule has 4 nitrogen and oxygen atoms in total. The maximum atomic E-state index is 13.4. The van der Waals surface area contributed by atoms with Gasteiger partial charge in [-0.05, 0) is 49.1 Å². The number of amides is 1. The molecular formula is C26H24N2O2. The van der Waals surface area contributed by atoms with E-state index in [-0.39, 0.29) is 23.9 Å². The summed E-state index contributed by atoms with van der Waals surface area (Å²) in [5, 5.41) is 1.32. The van der Waals surface area contributed by atoms with Crippen molar-refractivity contribution in [3.63, 3.8) is 0 Å². The number of pyridine rings is 1. The van der Waals surface area contributed by atoms with E-state index in [0.717, 1.165) is 36.8 Å². The monoisotopic (exact) mass is 396 g/mol. The van der Waals surface area contributed by atoms with E-state index < -0.39 is 0 Å². The number of para-hydroxylation sites is 2. The van der Waals surface area contributed by atoms with E-state index in [2.05, 4.69) is 24.3 Å². The van der Waals surface area contributed by atoms with E-state index in [1.54, 1.807) is 0 Å². The molecule has 4 heteroatoms. The summed E-state index contributed by atoms with van der Waals surface area (Å²) in [5.74, 6) is 0.118. The number of hydrogen-bond donors (Lipinski definition) is 0. The van der Waals surface area contributed by atoms with Crippen LogP contribution in [0.15, 0.2) is 83.7 Å². The molecule has 0 N–H and O–H groups in total. The van der Waals surface area contributed by atoms with Crippen LogP contribution in [0, 0.1) is 0 Å². The number of carbonyl (C=O) groups excluding carboxylic acids is 1. The van der Waals surface area contributed by atoms with Crippen molar-refractivity contribution in [3.8, 4) is 0 Å². The third kappa shape index (κ3) is 3.28. The molecule has 1 aliphatic rings. The topological polar surface area (TPSA) is 42.3 Å². The Morgan fingerprint density at radius 2 is 1.43 bits per heavy atom. The van der Waals surface area contributed by atoms with Crippen molar-refractivity contribution in [2.75, 3.05) is 6.54 Å². The van der Waals surface area contributed by atoms with Crippen LogP contribution in [0.3, 0.4) is 0 Å². The Hall–Kier alpha value is -3.40. The fourth-order valence-electron chi connectivity index (χ4n) is 4.74. The summed E-state index contributed by atoms with van der Waals surface area (Å²) in [6.45, 7) is 1.04. The summed E-state index contributed by atoms with van der Waals surface area (Å²) in [7, 11) is 0. The summed E-state index contributed by atoms with van der Waals surface area (Å²) in [5.41, 5.74) is 2.91. The summed E-state index contributed by atoms with van der Waals surface area (Å²) in [6.07, 6.45) is 2.96. The van der Waals surface area contributed by atoms with Gasteiger partial charge in [0.25, 0.3) is 0 Å². The van der Waals surface area contributed by atoms with Gasteiger partial charge in [0.15, 0.2) is 5.43 Å². The van der Waals surface area contributed by atoms with Crippen molar-refractivity contribution in [2.24, 2.45) is 0 Å². The second-order valence-corrected chi connectivity index (χ2v) is 8.02. The largest absolute Gasteiger partial charge is 0.338 e. The molecule has 5 rings (SSSR count). The molecule has 1 aliphatic heterocycles. The fourth-order valence-corrected chi connectivity index (χ4v) is 4.74. The van der Waals surface area contributed by atoms with Gasteiger partial charge in [0, 0.05) is 23.4 Å². The van der Waals surface area contributed by atoms with E-state index in [1.165, 1.54) is 5.56 Å². The molecule has 0 radical (unpaired) electrons. The van der Waals surface area contributed by atoms with E-state index in [9.17, 15) is 9.59 Å². The molecule has 0 bridgehead atoms. The minimum Gasteiger partial charge on any atom is -0.338 e. The average Bonchev–Trinajstić information content (AvgIpc) is 3.25. The van der Waals surface area contributed by atoms with Crippen LogP contribution < -0.4 is 5.43 Å². The first-order chi connectivity index (χ1) is 14.7. The number of rotatable bonds is 4. The average molecular weight is 396 g/mol. The molecule has 3 aromatic carbocycles. The number of benzene rings is 3. The van der Waals surface area contributed by atoms with Crippen LogP contribution in [0.1, 0.15) is 18.4 Å². The molecular weight excluding hydrogens is 372 g/mol. The highest BCUT2D eigenvalue weighted by Gasteiger charge is 2.29. The van der Waals surface area contributed by atoms with E-state index in [1.807, 2.05) is 64.1 Å². The maximum Gasteiger partial charge on any atom is 0.242 e. The molecule has 1 atom stereocenters. The van der Waals surface area contributed by atoms with Gasteiger partial charge in [0.2, 0.25) is 5.91 Å². The highest BCUT2D eigenvalue weighted by atomic mass is 16.2. The van der Waals surface area contributed by atoms with E-state index in [4.69, 9.17) is 0 Å². The Morgan fingerprint density at radius 1 is 0.833 bits per heavy atom. The van der Waals surface area contributed by atoms with Crippen molar-refractivity contribution >= 4 is 27.7 Å². The van der Waals surface area contributed by atoms with Gasteiger partial charge in [-0.2, -0.15) is 0 Å². The van der Waals surface area contributed by atoms with Crippen LogP contribution in [0.25, 0.3) is 21.8 Å². The normalized spacial score (nSPS) is 16.4. The molecule has 30 heavy (non-hydrogen) atoms. The number of aromatic nitrogens is 1. The highest BCUT2D eigenvalue weighted by Crippen LogP contribution is 2.24. The lowest BCUT2D eigenvalue weighted by molar-refractivity contribution is -0.132. The predicted octanol–water partition coefficient (Wildman–Crippen LogP) is 4.39. The number of nitrogens with zero attached hydrogens (tertiary/aromatic N) is 2. The van der Waals surface area contributed by atoms with Gasteiger partial charge in [-0.15, -0.1) is 0 Å². The van der Waals surface area contributed by atoms with Gasteiger partial charge >= 0.3 is 0 Å². The molecule has 2 heterocycles. The molecule has 0 aliphatic carbocycles. The third-order valence-electron chi connectivity index (χ3n) is 6.18. The van der Waals surface area contributed by atoms with Gasteiger partial charge < -0.3 is 9.47 Å². The molecule has 1 fully saturated rings. The minimum absolute atomic E-state index is 0.0213. The smallest absolute Gasteiger partial charge is 0.242 e. The van der Waals surface area contributed by atoms with Gasteiger partial charge in [0.1, 0.15) is 6.54 Å². The molecule has 4 aromatic rings. The van der Waals surface area contributed by atoms with Crippen molar-refractivity contribution in [1.82, 2.24) is 9.47 Å². The van der Waals surface area contributed by atoms with Gasteiger partial charge in [0.05, 0.1) is 11.0 Å². The van der Waals surface area contributed by atoms with Crippen molar-refractivity contribution < 1.29 is 4.79 Å². The lowest BCUT2D eigenvalue weighted by Crippen LogP contribution is -2.39. The van der Waals surface area contributed by atoms with Crippen LogP contribution in [0.4, 0.5) is 0 Å². The Morgan fingerprint density at radius 3 is 2.10 bits per heavy atom. The van der Waals surface area contributed by atoms with Crippen molar-refractivity contribution in [3.05, 3.63) is 94.6 Å². The van der Waals surface area contributed by atoms with Gasteiger partial charge in [-0.25, -0.2) is 0 Å². The molecule has 0 spiro atoms. The predicted molar refractivity (Wildman–Crippen MR) is 121 cm³/mol. The standard InChI is InChI=1S/C26H24N2O2/c29-25(27-16-8-11-20(27)17-19-9-2-1-3-10-19)18-28-23-14-6-4-12-21(23)26(30)22-13-5-7-15-24(22)28/h1-7,9-10,12-15,20H,8,11,16-18H2. The zero-order valence-corrected chi connectivity index (χ0v) is 16.8. The molecule has 1 saturated heterocycles. The number of hydrogen-bond acceptors (Lipinski definition) is 2. The number of carbonyl (C=O) groups is 1. The molecule has 150 valence electrons. The Kier molecular flexibility index (Phi) is 4.83. The summed E-state index contributed by atoms with van der Waals surface area (Å²) in [6, 6.07) is 25.8. The highest BCUT2D eigenvalue weighted by molar-refractivity contribution is 5.94. The van der Waals surface area contributed by atoms with E-state index >= 15 is 0 Å². The first kappa shape index (κ1) is 18.6. The first-order valence-corrected chi connectivity index (χ1v) is 10.6. The molecule has 1 unspecified atom stereocenters. The molecule has 1 amide bonds. The van der Waals surface area contributed by atoms with Gasteiger partial charge in [-0.3, -0.25) is 9.59 Å². The first-order valence-electron chi connectivity index (χ1n) is 10.6. The lowest BCUT2D eigenvalue weighted by Gasteiger charge is -2.26. The van der Waals surface area contributed by atoms with Gasteiger partial charge in [-0.1, -0.05) is 54.6 Å². The van der Waals surface area contributed by atoms with Crippen molar-refractivity contribution in [2.45, 2.75) is 31.8 Å². The molecule has 1 aromatic heterocycles. The third-order valence-corrected chi connectivity index (χ3v) is 6.18. The minimum atomic E-state index is 0.0213. The van der Waals surface area contributed by atoms with Crippen LogP contribution in [0.5, 0.6) is 0 Å². The SMILES string of the molecule is O=C(Cn1c2ccccc2c(=O)c2ccccc21)N1CCCC1Cc1ccccc1. The van der Waals surface area contributed by atoms with Crippen LogP contribution >= 0.6 is 0 Å². The van der Waals surface area contributed by atoms with Crippen LogP contribution in [-0.2, 0) is 17.8 Å². The number of likely N-dealkylation sites (tertiary alicyclic amines) is 1. The second kappa shape index (κ2) is 7.79. The quantitative estimate of drug-likeness (QED) is 0.480. The molecule has 0 saturated carbocycles. The lowest BCUT2D eigenvalue weighted by atomic mass is 10.0. The Balaban J connectivity index is 1.51. The Bertz CT molecular complexity index is 1220. The van der Waals surface area contributed by atoms with Crippen molar-refractivity contribution in [1.29, 1.82) is 0 Å². The Labute approximate surface area is 175 Å². The summed E-state index contributed by atoms with van der Waals surface area (Å²) in [4.78, 5) is 28.4. The zero-order valence-electron chi connectivity index (χ0n) is 16.8. The summed E-state index contributed by atoms with van der Waals surface area (Å²) >= 11 is 0. The van der Waals surface area contributed by atoms with Crippen LogP contribution in [-0.4, -0.2) is 28.0 Å². The van der Waals surface area contributed by atoms with E-state index in [0.29, 0.717) is 10.8 Å². The van der Waals surface area contributed by atoms with Crippen LogP contribution in [0.2, 0.25) is 0 Å². The second-order valence-electron chi connectivity index (χ2n) is 8.02. The maximum absolute atomic E-state index is 13.4. The zero-order chi connectivity index (χ0) is 20.5. The fraction of sp³-hybridized carbons (Fsp3) is 0.231.